The summed E-state index contributed by atoms with van der Waals surface area (Å²) in [6, 6.07) is 7.05. The molecule has 0 unspecified atom stereocenters. The van der Waals surface area contributed by atoms with Crippen molar-refractivity contribution < 1.29 is 9.59 Å². The summed E-state index contributed by atoms with van der Waals surface area (Å²) < 4.78 is 0. The van der Waals surface area contributed by atoms with Crippen molar-refractivity contribution in [2.45, 2.75) is 6.42 Å². The lowest BCUT2D eigenvalue weighted by Crippen LogP contribution is -2.35. The summed E-state index contributed by atoms with van der Waals surface area (Å²) in [6.45, 7) is 0.441. The Labute approximate surface area is 98.2 Å². The third-order valence-electron chi connectivity index (χ3n) is 2.42. The number of carbonyl (C=O) groups is 2. The van der Waals surface area contributed by atoms with E-state index < -0.39 is 0 Å². The number of anilines is 1. The smallest absolute Gasteiger partial charge is 0.246 e. The van der Waals surface area contributed by atoms with Gasteiger partial charge < -0.3 is 10.2 Å². The van der Waals surface area contributed by atoms with Crippen molar-refractivity contribution in [1.82, 2.24) is 5.32 Å². The molecule has 1 fully saturated rings. The summed E-state index contributed by atoms with van der Waals surface area (Å²) >= 11 is 5.86. The van der Waals surface area contributed by atoms with Crippen molar-refractivity contribution in [3.63, 3.8) is 0 Å². The first-order chi connectivity index (χ1) is 7.66. The van der Waals surface area contributed by atoms with Crippen LogP contribution in [-0.2, 0) is 9.59 Å². The summed E-state index contributed by atoms with van der Waals surface area (Å²) in [5.41, 5.74) is 0.731. The van der Waals surface area contributed by atoms with Crippen molar-refractivity contribution in [1.29, 1.82) is 0 Å². The summed E-state index contributed by atoms with van der Waals surface area (Å²) in [6.07, 6.45) is 0.318. The number of halogens is 1. The zero-order valence-corrected chi connectivity index (χ0v) is 9.33. The topological polar surface area (TPSA) is 49.4 Å². The standard InChI is InChI=1S/C11H11ClN2O2/c12-8-2-1-3-9(6-8)14-5-4-10(15)13-7-11(14)16/h1-3,6H,4-5,7H2,(H,13,15). The van der Waals surface area contributed by atoms with Gasteiger partial charge in [-0.25, -0.2) is 0 Å². The van der Waals surface area contributed by atoms with Gasteiger partial charge in [-0.2, -0.15) is 0 Å². The van der Waals surface area contributed by atoms with Gasteiger partial charge in [-0.05, 0) is 18.2 Å². The minimum atomic E-state index is -0.117. The van der Waals surface area contributed by atoms with E-state index in [1.165, 1.54) is 0 Å². The molecule has 16 heavy (non-hydrogen) atoms. The molecular weight excluding hydrogens is 228 g/mol. The highest BCUT2D eigenvalue weighted by Gasteiger charge is 2.21. The number of benzene rings is 1. The minimum Gasteiger partial charge on any atom is -0.347 e. The molecule has 0 saturated carbocycles. The SMILES string of the molecule is O=C1CCN(c2cccc(Cl)c2)C(=O)CN1. The minimum absolute atomic E-state index is 0.0470. The highest BCUT2D eigenvalue weighted by atomic mass is 35.5. The second-order valence-electron chi connectivity index (χ2n) is 3.55. The Hall–Kier alpha value is -1.55. The zero-order chi connectivity index (χ0) is 11.5. The maximum Gasteiger partial charge on any atom is 0.246 e. The molecule has 1 heterocycles. The van der Waals surface area contributed by atoms with Crippen LogP contribution in [0.3, 0.4) is 0 Å². The van der Waals surface area contributed by atoms with Gasteiger partial charge in [-0.3, -0.25) is 9.59 Å². The van der Waals surface area contributed by atoms with E-state index in [1.54, 1.807) is 29.2 Å². The molecule has 1 aliphatic heterocycles. The highest BCUT2D eigenvalue weighted by Crippen LogP contribution is 2.20. The number of nitrogens with one attached hydrogen (secondary N) is 1. The number of hydrogen-bond acceptors (Lipinski definition) is 2. The first-order valence-electron chi connectivity index (χ1n) is 4.99. The largest absolute Gasteiger partial charge is 0.347 e. The van der Waals surface area contributed by atoms with Crippen molar-refractivity contribution in [2.75, 3.05) is 18.0 Å². The average molecular weight is 239 g/mol. The van der Waals surface area contributed by atoms with Crippen molar-refractivity contribution in [2.24, 2.45) is 0 Å². The van der Waals surface area contributed by atoms with Gasteiger partial charge in [0.1, 0.15) is 0 Å². The summed E-state index contributed by atoms with van der Waals surface area (Å²) in [7, 11) is 0. The lowest BCUT2D eigenvalue weighted by molar-refractivity contribution is -0.123. The Bertz CT molecular complexity index is 434. The van der Waals surface area contributed by atoms with Crippen LogP contribution in [0, 0.1) is 0 Å². The molecule has 2 amide bonds. The van der Waals surface area contributed by atoms with Crippen LogP contribution in [0.2, 0.25) is 5.02 Å². The van der Waals surface area contributed by atoms with Gasteiger partial charge in [0.25, 0.3) is 0 Å². The maximum atomic E-state index is 11.7. The summed E-state index contributed by atoms with van der Waals surface area (Å²) in [4.78, 5) is 24.5. The van der Waals surface area contributed by atoms with Crippen LogP contribution < -0.4 is 10.2 Å². The first-order valence-corrected chi connectivity index (χ1v) is 5.37. The third kappa shape index (κ3) is 2.33. The Kier molecular flexibility index (Phi) is 3.10. The zero-order valence-electron chi connectivity index (χ0n) is 8.57. The Morgan fingerprint density at radius 1 is 1.31 bits per heavy atom. The predicted octanol–water partition coefficient (Wildman–Crippen LogP) is 1.19. The normalized spacial score (nSPS) is 16.9. The van der Waals surface area contributed by atoms with E-state index in [9.17, 15) is 9.59 Å². The van der Waals surface area contributed by atoms with Gasteiger partial charge in [0, 0.05) is 23.7 Å². The third-order valence-corrected chi connectivity index (χ3v) is 2.66. The summed E-state index contributed by atoms with van der Waals surface area (Å²) in [5.74, 6) is -0.217. The van der Waals surface area contributed by atoms with Crippen LogP contribution in [0.25, 0.3) is 0 Å². The summed E-state index contributed by atoms with van der Waals surface area (Å²) in [5, 5.41) is 3.12. The number of carbonyl (C=O) groups excluding carboxylic acids is 2. The fourth-order valence-electron chi connectivity index (χ4n) is 1.61. The molecule has 4 nitrogen and oxygen atoms in total. The Balaban J connectivity index is 2.25. The molecule has 0 bridgehead atoms. The number of rotatable bonds is 1. The second-order valence-corrected chi connectivity index (χ2v) is 3.99. The van der Waals surface area contributed by atoms with Crippen LogP contribution in [0.5, 0.6) is 0 Å². The van der Waals surface area contributed by atoms with Gasteiger partial charge in [0.2, 0.25) is 11.8 Å². The molecule has 84 valence electrons. The predicted molar refractivity (Wildman–Crippen MR) is 61.4 cm³/mol. The van der Waals surface area contributed by atoms with Gasteiger partial charge in [-0.1, -0.05) is 17.7 Å². The average Bonchev–Trinajstić information content (AvgIpc) is 2.42. The van der Waals surface area contributed by atoms with Crippen LogP contribution >= 0.6 is 11.6 Å². The van der Waals surface area contributed by atoms with Crippen molar-refractivity contribution in [3.8, 4) is 0 Å². The first kappa shape index (κ1) is 11.0. The van der Waals surface area contributed by atoms with Crippen molar-refractivity contribution >= 4 is 29.1 Å². The van der Waals surface area contributed by atoms with Crippen LogP contribution in [0.1, 0.15) is 6.42 Å². The van der Waals surface area contributed by atoms with Gasteiger partial charge in [0.15, 0.2) is 0 Å². The molecule has 0 spiro atoms. The van der Waals surface area contributed by atoms with E-state index in [0.29, 0.717) is 18.0 Å². The molecule has 0 aromatic heterocycles. The fourth-order valence-corrected chi connectivity index (χ4v) is 1.80. The van der Waals surface area contributed by atoms with Crippen LogP contribution in [0.15, 0.2) is 24.3 Å². The molecule has 0 radical (unpaired) electrons. The lowest BCUT2D eigenvalue weighted by atomic mass is 10.2. The van der Waals surface area contributed by atoms with Gasteiger partial charge in [0.05, 0.1) is 6.54 Å². The van der Waals surface area contributed by atoms with Gasteiger partial charge >= 0.3 is 0 Å². The monoisotopic (exact) mass is 238 g/mol. The molecule has 1 saturated heterocycles. The molecule has 0 atom stereocenters. The molecule has 1 N–H and O–H groups in total. The molecule has 1 aromatic carbocycles. The number of hydrogen-bond donors (Lipinski definition) is 1. The Morgan fingerprint density at radius 2 is 2.12 bits per heavy atom. The van der Waals surface area contributed by atoms with E-state index in [2.05, 4.69) is 5.32 Å². The number of amides is 2. The molecule has 1 aromatic rings. The molecule has 5 heteroatoms. The molecule has 1 aliphatic rings. The maximum absolute atomic E-state index is 11.7. The van der Waals surface area contributed by atoms with E-state index >= 15 is 0 Å². The highest BCUT2D eigenvalue weighted by molar-refractivity contribution is 6.30. The van der Waals surface area contributed by atoms with E-state index in [4.69, 9.17) is 11.6 Å². The van der Waals surface area contributed by atoms with Crippen molar-refractivity contribution in [3.05, 3.63) is 29.3 Å². The molecule has 2 rings (SSSR count). The Morgan fingerprint density at radius 3 is 2.88 bits per heavy atom. The van der Waals surface area contributed by atoms with Crippen LogP contribution in [-0.4, -0.2) is 24.9 Å². The quantitative estimate of drug-likeness (QED) is 0.799. The van der Waals surface area contributed by atoms with E-state index in [1.807, 2.05) is 0 Å². The van der Waals surface area contributed by atoms with E-state index in [-0.39, 0.29) is 18.4 Å². The second kappa shape index (κ2) is 4.53. The fraction of sp³-hybridized carbons (Fsp3) is 0.273. The molecular formula is C11H11ClN2O2. The van der Waals surface area contributed by atoms with Crippen LogP contribution in [0.4, 0.5) is 5.69 Å². The molecule has 0 aliphatic carbocycles. The van der Waals surface area contributed by atoms with Gasteiger partial charge in [-0.15, -0.1) is 0 Å². The van der Waals surface area contributed by atoms with E-state index in [0.717, 1.165) is 5.69 Å². The number of nitrogens with zero attached hydrogens (tertiary/aromatic N) is 1. The lowest BCUT2D eigenvalue weighted by Gasteiger charge is -2.19.